The number of aliphatic carboxylic acids is 1. The molecule has 0 fully saturated rings. The number of carboxylic acids is 1. The maximum atomic E-state index is 13.2. The maximum Gasteiger partial charge on any atom is 0.305 e. The Kier molecular flexibility index (Phi) is 10.8. The van der Waals surface area contributed by atoms with Gasteiger partial charge < -0.3 is 29.6 Å². The number of nitrogens with zero attached hydrogens (tertiary/aromatic N) is 5. The van der Waals surface area contributed by atoms with Crippen LogP contribution in [-0.4, -0.2) is 83.6 Å². The van der Waals surface area contributed by atoms with E-state index in [4.69, 9.17) is 4.52 Å². The van der Waals surface area contributed by atoms with E-state index in [0.29, 0.717) is 17.0 Å². The molecule has 2 heterocycles. The number of hydrogen-bond donors (Lipinski definition) is 2. The van der Waals surface area contributed by atoms with E-state index < -0.39 is 5.97 Å². The lowest BCUT2D eigenvalue weighted by Gasteiger charge is -2.24. The largest absolute Gasteiger partial charge is 0.481 e. The number of amides is 2. The lowest BCUT2D eigenvalue weighted by atomic mass is 10.0. The highest BCUT2D eigenvalue weighted by molar-refractivity contribution is 6.05. The molecule has 44 heavy (non-hydrogen) atoms. The van der Waals surface area contributed by atoms with Crippen molar-refractivity contribution < 1.29 is 24.0 Å². The lowest BCUT2D eigenvalue weighted by Crippen LogP contribution is -2.32. The van der Waals surface area contributed by atoms with Crippen LogP contribution >= 0.6 is 0 Å². The van der Waals surface area contributed by atoms with Gasteiger partial charge in [-0.05, 0) is 81.0 Å². The van der Waals surface area contributed by atoms with Gasteiger partial charge in [0, 0.05) is 45.1 Å². The van der Waals surface area contributed by atoms with E-state index in [2.05, 4.69) is 25.3 Å². The molecular weight excluding hydrogens is 560 g/mol. The predicted octanol–water partition coefficient (Wildman–Crippen LogP) is 4.80. The molecule has 2 amide bonds. The third-order valence-electron chi connectivity index (χ3n) is 7.04. The summed E-state index contributed by atoms with van der Waals surface area (Å²) in [4.78, 5) is 47.4. The van der Waals surface area contributed by atoms with E-state index in [1.165, 1.54) is 11.1 Å². The standard InChI is InChI=1S/C33H38N6O5/c1-23-18-29(36-44-23)32(42)35-28-20-26(11-12-30(28)38(4)16-7-15-37(2)3)25-9-5-8-24(19-25)22-39(17-13-31(40)41)33(43)27-10-6-14-34-21-27/h5-6,8-12,14,18-21H,7,13,15-17,22H2,1-4H3,(H,35,42)(H,40,41). The molecule has 11 nitrogen and oxygen atoms in total. The molecule has 0 bridgehead atoms. The van der Waals surface area contributed by atoms with Crippen molar-refractivity contribution in [2.75, 3.05) is 51.0 Å². The third kappa shape index (κ3) is 8.74. The fraction of sp³-hybridized carbons (Fsp3) is 0.303. The Morgan fingerprint density at radius 2 is 1.73 bits per heavy atom. The molecule has 4 aromatic rings. The Morgan fingerprint density at radius 3 is 2.41 bits per heavy atom. The van der Waals surface area contributed by atoms with Gasteiger partial charge in [0.2, 0.25) is 0 Å². The van der Waals surface area contributed by atoms with Crippen molar-refractivity contribution in [3.8, 4) is 11.1 Å². The molecule has 0 saturated heterocycles. The van der Waals surface area contributed by atoms with Gasteiger partial charge in [-0.15, -0.1) is 0 Å². The number of aryl methyl sites for hydroxylation is 1. The van der Waals surface area contributed by atoms with Gasteiger partial charge in [-0.25, -0.2) is 0 Å². The minimum absolute atomic E-state index is 0.0554. The van der Waals surface area contributed by atoms with Crippen molar-refractivity contribution in [1.29, 1.82) is 0 Å². The molecule has 0 radical (unpaired) electrons. The summed E-state index contributed by atoms with van der Waals surface area (Å²) in [5.41, 5.74) is 4.64. The average molecular weight is 599 g/mol. The minimum Gasteiger partial charge on any atom is -0.481 e. The van der Waals surface area contributed by atoms with Gasteiger partial charge in [-0.1, -0.05) is 29.4 Å². The van der Waals surface area contributed by atoms with Crippen LogP contribution in [0.1, 0.15) is 45.0 Å². The van der Waals surface area contributed by atoms with Crippen LogP contribution in [0.4, 0.5) is 11.4 Å². The number of carbonyl (C=O) groups excluding carboxylic acids is 2. The molecule has 0 saturated carbocycles. The fourth-order valence-corrected chi connectivity index (χ4v) is 4.78. The van der Waals surface area contributed by atoms with Gasteiger partial charge in [-0.3, -0.25) is 19.4 Å². The molecule has 0 unspecified atom stereocenters. The van der Waals surface area contributed by atoms with Crippen molar-refractivity contribution in [1.82, 2.24) is 19.9 Å². The average Bonchev–Trinajstić information content (AvgIpc) is 3.45. The summed E-state index contributed by atoms with van der Waals surface area (Å²) < 4.78 is 5.10. The van der Waals surface area contributed by atoms with E-state index in [1.807, 2.05) is 63.6 Å². The summed E-state index contributed by atoms with van der Waals surface area (Å²) in [7, 11) is 6.06. The Hall–Kier alpha value is -5.03. The summed E-state index contributed by atoms with van der Waals surface area (Å²) in [5.74, 6) is -1.11. The molecule has 4 rings (SSSR count). The molecular formula is C33H38N6O5. The number of nitrogens with one attached hydrogen (secondary N) is 1. The molecule has 0 aliphatic carbocycles. The van der Waals surface area contributed by atoms with Crippen molar-refractivity contribution in [3.63, 3.8) is 0 Å². The summed E-state index contributed by atoms with van der Waals surface area (Å²) in [6.45, 7) is 3.73. The van der Waals surface area contributed by atoms with Gasteiger partial charge in [0.1, 0.15) is 5.76 Å². The van der Waals surface area contributed by atoms with Crippen LogP contribution < -0.4 is 10.2 Å². The third-order valence-corrected chi connectivity index (χ3v) is 7.04. The highest BCUT2D eigenvalue weighted by atomic mass is 16.5. The van der Waals surface area contributed by atoms with Crippen LogP contribution in [0.5, 0.6) is 0 Å². The van der Waals surface area contributed by atoms with Crippen molar-refractivity contribution >= 4 is 29.2 Å². The van der Waals surface area contributed by atoms with Crippen molar-refractivity contribution in [3.05, 3.63) is 95.6 Å². The topological polar surface area (TPSA) is 132 Å². The number of pyridine rings is 1. The molecule has 2 aromatic heterocycles. The van der Waals surface area contributed by atoms with E-state index >= 15 is 0 Å². The quantitative estimate of drug-likeness (QED) is 0.210. The van der Waals surface area contributed by atoms with Crippen LogP contribution in [-0.2, 0) is 11.3 Å². The molecule has 230 valence electrons. The normalized spacial score (nSPS) is 10.9. The number of anilines is 2. The summed E-state index contributed by atoms with van der Waals surface area (Å²) in [6.07, 6.45) is 3.82. The molecule has 0 aliphatic heterocycles. The molecule has 0 spiro atoms. The first-order valence-corrected chi connectivity index (χ1v) is 14.4. The zero-order chi connectivity index (χ0) is 31.6. The highest BCUT2D eigenvalue weighted by Crippen LogP contribution is 2.32. The monoisotopic (exact) mass is 598 g/mol. The van der Waals surface area contributed by atoms with E-state index in [9.17, 15) is 19.5 Å². The highest BCUT2D eigenvalue weighted by Gasteiger charge is 2.19. The maximum absolute atomic E-state index is 13.2. The second-order valence-corrected chi connectivity index (χ2v) is 10.9. The van der Waals surface area contributed by atoms with Gasteiger partial charge in [0.05, 0.1) is 23.4 Å². The van der Waals surface area contributed by atoms with E-state index in [0.717, 1.165) is 41.9 Å². The number of carboxylic acid groups (broad SMARTS) is 1. The molecule has 2 N–H and O–H groups in total. The summed E-state index contributed by atoms with van der Waals surface area (Å²) >= 11 is 0. The zero-order valence-electron chi connectivity index (χ0n) is 25.5. The summed E-state index contributed by atoms with van der Waals surface area (Å²) in [6, 6.07) is 18.5. The Balaban J connectivity index is 1.62. The van der Waals surface area contributed by atoms with Crippen LogP contribution in [0.3, 0.4) is 0 Å². The Bertz CT molecular complexity index is 1590. The molecule has 0 aliphatic rings. The molecule has 11 heteroatoms. The number of carbonyl (C=O) groups is 3. The zero-order valence-corrected chi connectivity index (χ0v) is 25.5. The van der Waals surface area contributed by atoms with Gasteiger partial charge in [0.25, 0.3) is 11.8 Å². The number of benzene rings is 2. The Labute approximate surface area is 257 Å². The van der Waals surface area contributed by atoms with Crippen LogP contribution in [0.15, 0.2) is 77.6 Å². The van der Waals surface area contributed by atoms with E-state index in [1.54, 1.807) is 31.3 Å². The van der Waals surface area contributed by atoms with Gasteiger partial charge in [0.15, 0.2) is 5.69 Å². The van der Waals surface area contributed by atoms with Crippen LogP contribution in [0, 0.1) is 6.92 Å². The van der Waals surface area contributed by atoms with Crippen molar-refractivity contribution in [2.24, 2.45) is 0 Å². The van der Waals surface area contributed by atoms with Gasteiger partial charge >= 0.3 is 5.97 Å². The lowest BCUT2D eigenvalue weighted by molar-refractivity contribution is -0.137. The summed E-state index contributed by atoms with van der Waals surface area (Å²) in [5, 5.41) is 16.1. The fourth-order valence-electron chi connectivity index (χ4n) is 4.78. The number of aromatic nitrogens is 2. The first-order chi connectivity index (χ1) is 21.1. The predicted molar refractivity (Wildman–Crippen MR) is 169 cm³/mol. The second kappa shape index (κ2) is 14.9. The molecule has 2 aromatic carbocycles. The second-order valence-electron chi connectivity index (χ2n) is 10.9. The van der Waals surface area contributed by atoms with Crippen LogP contribution in [0.25, 0.3) is 11.1 Å². The molecule has 0 atom stereocenters. The van der Waals surface area contributed by atoms with Gasteiger partial charge in [-0.2, -0.15) is 0 Å². The SMILES string of the molecule is Cc1cc(C(=O)Nc2cc(-c3cccc(CN(CCC(=O)O)C(=O)c4cccnc4)c3)ccc2N(C)CCCN(C)C)no1. The Morgan fingerprint density at radius 1 is 0.932 bits per heavy atom. The number of hydrogen-bond acceptors (Lipinski definition) is 8. The minimum atomic E-state index is -0.982. The van der Waals surface area contributed by atoms with Crippen LogP contribution in [0.2, 0.25) is 0 Å². The van der Waals surface area contributed by atoms with E-state index in [-0.39, 0.29) is 37.0 Å². The first kappa shape index (κ1) is 31.9. The first-order valence-electron chi connectivity index (χ1n) is 14.4. The number of rotatable bonds is 14. The smallest absolute Gasteiger partial charge is 0.305 e. The van der Waals surface area contributed by atoms with Crippen molar-refractivity contribution in [2.45, 2.75) is 26.3 Å².